The van der Waals surface area contributed by atoms with Crippen molar-refractivity contribution >= 4 is 33.6 Å². The largest absolute Gasteiger partial charge is 0.490 e. The van der Waals surface area contributed by atoms with Crippen LogP contribution in [0.15, 0.2) is 64.6 Å². The molecular weight excluding hydrogens is 492 g/mol. The van der Waals surface area contributed by atoms with Crippen molar-refractivity contribution in [3.63, 3.8) is 0 Å². The number of carbonyl (C=O) groups is 1. The zero-order valence-corrected chi connectivity index (χ0v) is 21.3. The Morgan fingerprint density at radius 2 is 1.74 bits per heavy atom. The lowest BCUT2D eigenvalue weighted by molar-refractivity contribution is -0.112. The van der Waals surface area contributed by atoms with E-state index in [4.69, 9.17) is 9.47 Å². The maximum Gasteiger partial charge on any atom is 0.266 e. The molecule has 0 fully saturated rings. The zero-order valence-electron chi connectivity index (χ0n) is 19.7. The van der Waals surface area contributed by atoms with Gasteiger partial charge in [0.1, 0.15) is 18.2 Å². The molecule has 0 heterocycles. The second-order valence-electron chi connectivity index (χ2n) is 7.98. The van der Waals surface area contributed by atoms with Crippen LogP contribution in [0.5, 0.6) is 11.5 Å². The van der Waals surface area contributed by atoms with Gasteiger partial charge in [0.15, 0.2) is 11.5 Å². The molecule has 0 radical (unpaired) electrons. The lowest BCUT2D eigenvalue weighted by atomic mass is 10.1. The van der Waals surface area contributed by atoms with Crippen LogP contribution in [0.2, 0.25) is 0 Å². The molecule has 0 aromatic heterocycles. The summed E-state index contributed by atoms with van der Waals surface area (Å²) in [4.78, 5) is 12.8. The summed E-state index contributed by atoms with van der Waals surface area (Å²) in [6.07, 6.45) is 1.54. The van der Waals surface area contributed by atoms with Gasteiger partial charge in [-0.25, -0.2) is 0 Å². The molecule has 1 N–H and O–H groups in total. The van der Waals surface area contributed by atoms with Gasteiger partial charge in [-0.2, -0.15) is 5.26 Å². The van der Waals surface area contributed by atoms with Crippen molar-refractivity contribution in [3.05, 3.63) is 92.5 Å². The number of hydrogen-bond donors (Lipinski definition) is 1. The van der Waals surface area contributed by atoms with E-state index in [1.807, 2.05) is 76.2 Å². The van der Waals surface area contributed by atoms with Gasteiger partial charge in [0.2, 0.25) is 0 Å². The Bertz CT molecular complexity index is 1260. The predicted molar refractivity (Wildman–Crippen MR) is 139 cm³/mol. The van der Waals surface area contributed by atoms with Gasteiger partial charge in [-0.1, -0.05) is 42.0 Å². The quantitative estimate of drug-likeness (QED) is 0.260. The molecule has 0 spiro atoms. The molecule has 0 unspecified atom stereocenters. The van der Waals surface area contributed by atoms with E-state index in [9.17, 15) is 10.1 Å². The van der Waals surface area contributed by atoms with Gasteiger partial charge in [-0.05, 0) is 90.2 Å². The van der Waals surface area contributed by atoms with Gasteiger partial charge in [-0.15, -0.1) is 0 Å². The van der Waals surface area contributed by atoms with Crippen LogP contribution in [0.25, 0.3) is 6.08 Å². The van der Waals surface area contributed by atoms with Gasteiger partial charge in [0, 0.05) is 5.69 Å². The molecule has 6 heteroatoms. The molecular formula is C28H27BrN2O3. The van der Waals surface area contributed by atoms with Crippen molar-refractivity contribution in [3.8, 4) is 17.6 Å². The maximum atomic E-state index is 12.8. The van der Waals surface area contributed by atoms with Crippen molar-refractivity contribution < 1.29 is 14.3 Å². The molecule has 3 aromatic carbocycles. The topological polar surface area (TPSA) is 71.3 Å². The third kappa shape index (κ3) is 6.49. The molecule has 0 aliphatic heterocycles. The van der Waals surface area contributed by atoms with E-state index in [0.29, 0.717) is 40.4 Å². The second kappa shape index (κ2) is 11.5. The third-order valence-electron chi connectivity index (χ3n) is 5.15. The van der Waals surface area contributed by atoms with Crippen LogP contribution in [-0.4, -0.2) is 12.5 Å². The summed E-state index contributed by atoms with van der Waals surface area (Å²) >= 11 is 3.56. The molecule has 174 valence electrons. The maximum absolute atomic E-state index is 12.8. The Hall–Kier alpha value is -3.56. The van der Waals surface area contributed by atoms with Gasteiger partial charge in [0.25, 0.3) is 5.91 Å². The molecule has 5 nitrogen and oxygen atoms in total. The number of aryl methyl sites for hydroxylation is 3. The highest BCUT2D eigenvalue weighted by molar-refractivity contribution is 9.10. The summed E-state index contributed by atoms with van der Waals surface area (Å²) in [5.74, 6) is 0.630. The van der Waals surface area contributed by atoms with Crippen LogP contribution in [-0.2, 0) is 11.4 Å². The smallest absolute Gasteiger partial charge is 0.266 e. The summed E-state index contributed by atoms with van der Waals surface area (Å²) in [7, 11) is 0. The molecule has 3 aromatic rings. The number of benzene rings is 3. The van der Waals surface area contributed by atoms with Crippen LogP contribution in [0.3, 0.4) is 0 Å². The molecule has 3 rings (SSSR count). The normalized spacial score (nSPS) is 11.0. The fraction of sp³-hybridized carbons (Fsp3) is 0.214. The number of anilines is 1. The summed E-state index contributed by atoms with van der Waals surface area (Å²) < 4.78 is 12.5. The van der Waals surface area contributed by atoms with E-state index in [-0.39, 0.29) is 5.57 Å². The van der Waals surface area contributed by atoms with Gasteiger partial charge < -0.3 is 14.8 Å². The average molecular weight is 519 g/mol. The highest BCUT2D eigenvalue weighted by atomic mass is 79.9. The lowest BCUT2D eigenvalue weighted by Gasteiger charge is -2.15. The average Bonchev–Trinajstić information content (AvgIpc) is 2.80. The minimum absolute atomic E-state index is 0.0106. The van der Waals surface area contributed by atoms with Gasteiger partial charge >= 0.3 is 0 Å². The monoisotopic (exact) mass is 518 g/mol. The fourth-order valence-electron chi connectivity index (χ4n) is 3.29. The standard InChI is InChI=1S/C28H27BrN2O3/c1-5-33-26-15-22(14-24(29)27(26)34-17-21-10-7-18(2)8-11-21)13-23(16-30)28(32)31-25-12-19(3)6-9-20(25)4/h6-15H,5,17H2,1-4H3,(H,31,32)/b23-13-. The summed E-state index contributed by atoms with van der Waals surface area (Å²) in [6, 6.07) is 19.5. The van der Waals surface area contributed by atoms with E-state index < -0.39 is 5.91 Å². The Kier molecular flexibility index (Phi) is 8.50. The summed E-state index contributed by atoms with van der Waals surface area (Å²) in [5, 5.41) is 12.5. The van der Waals surface area contributed by atoms with Crippen LogP contribution in [0.4, 0.5) is 5.69 Å². The second-order valence-corrected chi connectivity index (χ2v) is 8.83. The minimum atomic E-state index is -0.468. The first kappa shape index (κ1) is 25.1. The van der Waals surface area contributed by atoms with Gasteiger partial charge in [0.05, 0.1) is 11.1 Å². The summed E-state index contributed by atoms with van der Waals surface area (Å²) in [6.45, 7) is 8.61. The molecule has 0 saturated heterocycles. The number of nitrogens with one attached hydrogen (secondary N) is 1. The number of rotatable bonds is 8. The molecule has 0 atom stereocenters. The Morgan fingerprint density at radius 3 is 2.41 bits per heavy atom. The van der Waals surface area contributed by atoms with Crippen molar-refractivity contribution in [2.45, 2.75) is 34.3 Å². The van der Waals surface area contributed by atoms with Crippen LogP contribution in [0.1, 0.15) is 34.7 Å². The Morgan fingerprint density at radius 1 is 1.03 bits per heavy atom. The lowest BCUT2D eigenvalue weighted by Crippen LogP contribution is -2.14. The van der Waals surface area contributed by atoms with Crippen LogP contribution in [0, 0.1) is 32.1 Å². The number of halogens is 1. The first-order valence-corrected chi connectivity index (χ1v) is 11.7. The molecule has 1 amide bonds. The van der Waals surface area contributed by atoms with E-state index >= 15 is 0 Å². The Labute approximate surface area is 209 Å². The molecule has 0 aliphatic carbocycles. The number of amides is 1. The van der Waals surface area contributed by atoms with E-state index in [1.54, 1.807) is 12.1 Å². The van der Waals surface area contributed by atoms with Crippen molar-refractivity contribution in [1.29, 1.82) is 5.26 Å². The predicted octanol–water partition coefficient (Wildman–Crippen LogP) is 6.90. The number of carbonyl (C=O) groups excluding carboxylic acids is 1. The molecule has 0 saturated carbocycles. The molecule has 34 heavy (non-hydrogen) atoms. The number of ether oxygens (including phenoxy) is 2. The van der Waals surface area contributed by atoms with Crippen molar-refractivity contribution in [2.75, 3.05) is 11.9 Å². The first-order chi connectivity index (χ1) is 16.3. The van der Waals surface area contributed by atoms with E-state index in [2.05, 4.69) is 21.2 Å². The van der Waals surface area contributed by atoms with Crippen molar-refractivity contribution in [2.24, 2.45) is 0 Å². The summed E-state index contributed by atoms with van der Waals surface area (Å²) in [5.41, 5.74) is 5.49. The highest BCUT2D eigenvalue weighted by Gasteiger charge is 2.15. The fourth-order valence-corrected chi connectivity index (χ4v) is 3.86. The minimum Gasteiger partial charge on any atom is -0.490 e. The molecule has 0 bridgehead atoms. The van der Waals surface area contributed by atoms with Crippen LogP contribution >= 0.6 is 15.9 Å². The Balaban J connectivity index is 1.85. The number of hydrogen-bond acceptors (Lipinski definition) is 4. The highest BCUT2D eigenvalue weighted by Crippen LogP contribution is 2.38. The van der Waals surface area contributed by atoms with E-state index in [0.717, 1.165) is 16.7 Å². The number of nitrogens with zero attached hydrogens (tertiary/aromatic N) is 1. The third-order valence-corrected chi connectivity index (χ3v) is 5.74. The zero-order chi connectivity index (χ0) is 24.7. The van der Waals surface area contributed by atoms with Crippen LogP contribution < -0.4 is 14.8 Å². The van der Waals surface area contributed by atoms with Crippen molar-refractivity contribution in [1.82, 2.24) is 0 Å². The SMILES string of the molecule is CCOc1cc(/C=C(/C#N)C(=O)Nc2cc(C)ccc2C)cc(Br)c1OCc1ccc(C)cc1. The van der Waals surface area contributed by atoms with Gasteiger partial charge in [-0.3, -0.25) is 4.79 Å². The number of nitriles is 1. The first-order valence-electron chi connectivity index (χ1n) is 11.0. The molecule has 0 aliphatic rings. The van der Waals surface area contributed by atoms with E-state index in [1.165, 1.54) is 11.6 Å².